The standard InChI is InChI=1S/C13H18N2O3S2/c1-3-15(10-11-5-4-8-18-11)20(16,17)13-7-6-12(19-13)9-14-2/h4-8,14H,3,9-10H2,1-2H3. The van der Waals surface area contributed by atoms with Gasteiger partial charge in [0.05, 0.1) is 12.8 Å². The summed E-state index contributed by atoms with van der Waals surface area (Å²) in [5, 5.41) is 3.02. The van der Waals surface area contributed by atoms with Gasteiger partial charge in [-0.05, 0) is 31.3 Å². The molecule has 0 saturated carbocycles. The maximum Gasteiger partial charge on any atom is 0.252 e. The number of hydrogen-bond acceptors (Lipinski definition) is 5. The SMILES string of the molecule is CCN(Cc1ccco1)S(=O)(=O)c1ccc(CNC)s1. The number of sulfonamides is 1. The molecule has 0 radical (unpaired) electrons. The third kappa shape index (κ3) is 3.29. The Labute approximate surface area is 123 Å². The van der Waals surface area contributed by atoms with Crippen molar-refractivity contribution < 1.29 is 12.8 Å². The largest absolute Gasteiger partial charge is 0.468 e. The van der Waals surface area contributed by atoms with Gasteiger partial charge in [0.15, 0.2) is 0 Å². The number of rotatable bonds is 7. The first-order valence-electron chi connectivity index (χ1n) is 6.33. The Balaban J connectivity index is 2.21. The Morgan fingerprint density at radius 1 is 1.35 bits per heavy atom. The van der Waals surface area contributed by atoms with Gasteiger partial charge >= 0.3 is 0 Å². The summed E-state index contributed by atoms with van der Waals surface area (Å²) >= 11 is 1.30. The number of hydrogen-bond donors (Lipinski definition) is 1. The summed E-state index contributed by atoms with van der Waals surface area (Å²) in [6, 6.07) is 7.04. The topological polar surface area (TPSA) is 62.6 Å². The maximum atomic E-state index is 12.6. The quantitative estimate of drug-likeness (QED) is 0.851. The molecule has 0 fully saturated rings. The van der Waals surface area contributed by atoms with Crippen LogP contribution in [0.1, 0.15) is 17.6 Å². The summed E-state index contributed by atoms with van der Waals surface area (Å²) < 4.78 is 32.2. The van der Waals surface area contributed by atoms with Crippen molar-refractivity contribution >= 4 is 21.4 Å². The Morgan fingerprint density at radius 2 is 2.15 bits per heavy atom. The second-order valence-electron chi connectivity index (χ2n) is 4.26. The zero-order valence-corrected chi connectivity index (χ0v) is 13.1. The third-order valence-electron chi connectivity index (χ3n) is 2.85. The van der Waals surface area contributed by atoms with Crippen LogP contribution < -0.4 is 5.32 Å². The average molecular weight is 314 g/mol. The molecule has 0 spiro atoms. The van der Waals surface area contributed by atoms with Gasteiger partial charge in [-0.2, -0.15) is 4.31 Å². The number of nitrogens with zero attached hydrogens (tertiary/aromatic N) is 1. The van der Waals surface area contributed by atoms with Crippen LogP contribution in [0, 0.1) is 0 Å². The monoisotopic (exact) mass is 314 g/mol. The molecule has 1 N–H and O–H groups in total. The van der Waals surface area contributed by atoms with E-state index in [2.05, 4.69) is 5.32 Å². The highest BCUT2D eigenvalue weighted by atomic mass is 32.2. The Hall–Kier alpha value is -1.15. The van der Waals surface area contributed by atoms with Crippen molar-refractivity contribution in [2.75, 3.05) is 13.6 Å². The van der Waals surface area contributed by atoms with E-state index in [4.69, 9.17) is 4.42 Å². The molecule has 2 aromatic heterocycles. The summed E-state index contributed by atoms with van der Waals surface area (Å²) in [7, 11) is -1.62. The first kappa shape index (κ1) is 15.2. The lowest BCUT2D eigenvalue weighted by molar-refractivity contribution is 0.376. The Morgan fingerprint density at radius 3 is 2.75 bits per heavy atom. The van der Waals surface area contributed by atoms with Gasteiger partial charge in [0.25, 0.3) is 10.0 Å². The minimum atomic E-state index is -3.46. The Kier molecular flexibility index (Phi) is 4.98. The summed E-state index contributed by atoms with van der Waals surface area (Å²) in [6.07, 6.45) is 1.55. The minimum absolute atomic E-state index is 0.255. The smallest absolute Gasteiger partial charge is 0.252 e. The normalized spacial score (nSPS) is 12.2. The van der Waals surface area contributed by atoms with E-state index >= 15 is 0 Å². The molecule has 0 aliphatic carbocycles. The number of thiophene rings is 1. The van der Waals surface area contributed by atoms with E-state index in [1.807, 2.05) is 20.0 Å². The first-order chi connectivity index (χ1) is 9.57. The molecule has 0 aromatic carbocycles. The van der Waals surface area contributed by atoms with Gasteiger partial charge in [-0.1, -0.05) is 6.92 Å². The van der Waals surface area contributed by atoms with Gasteiger partial charge in [0, 0.05) is 18.0 Å². The molecule has 20 heavy (non-hydrogen) atoms. The van der Waals surface area contributed by atoms with Crippen molar-refractivity contribution in [1.29, 1.82) is 0 Å². The minimum Gasteiger partial charge on any atom is -0.468 e. The van der Waals surface area contributed by atoms with Gasteiger partial charge in [0.1, 0.15) is 9.97 Å². The van der Waals surface area contributed by atoms with Gasteiger partial charge in [0.2, 0.25) is 0 Å². The fourth-order valence-electron chi connectivity index (χ4n) is 1.84. The Bertz CT molecular complexity index is 632. The molecular weight excluding hydrogens is 296 g/mol. The summed E-state index contributed by atoms with van der Waals surface area (Å²) in [5.74, 6) is 0.641. The highest BCUT2D eigenvalue weighted by molar-refractivity contribution is 7.91. The van der Waals surface area contributed by atoms with Crippen molar-refractivity contribution in [1.82, 2.24) is 9.62 Å². The molecular formula is C13H18N2O3S2. The van der Waals surface area contributed by atoms with E-state index in [0.717, 1.165) is 4.88 Å². The van der Waals surface area contributed by atoms with E-state index in [-0.39, 0.29) is 6.54 Å². The molecule has 0 aliphatic heterocycles. The second-order valence-corrected chi connectivity index (χ2v) is 7.59. The predicted octanol–water partition coefficient (Wildman–Crippen LogP) is 2.27. The van der Waals surface area contributed by atoms with E-state index in [0.29, 0.717) is 23.1 Å². The molecule has 2 rings (SSSR count). The van der Waals surface area contributed by atoms with Crippen molar-refractivity contribution in [2.24, 2.45) is 0 Å². The first-order valence-corrected chi connectivity index (χ1v) is 8.59. The molecule has 0 atom stereocenters. The molecule has 0 bridgehead atoms. The highest BCUT2D eigenvalue weighted by Gasteiger charge is 2.25. The van der Waals surface area contributed by atoms with Crippen LogP contribution in [0.25, 0.3) is 0 Å². The fraction of sp³-hybridized carbons (Fsp3) is 0.385. The van der Waals surface area contributed by atoms with E-state index in [9.17, 15) is 8.42 Å². The van der Waals surface area contributed by atoms with E-state index in [1.54, 1.807) is 24.5 Å². The van der Waals surface area contributed by atoms with Crippen LogP contribution in [0.4, 0.5) is 0 Å². The summed E-state index contributed by atoms with van der Waals surface area (Å²) in [4.78, 5) is 1.00. The van der Waals surface area contributed by atoms with Crippen LogP contribution >= 0.6 is 11.3 Å². The van der Waals surface area contributed by atoms with Crippen molar-refractivity contribution in [2.45, 2.75) is 24.2 Å². The predicted molar refractivity (Wildman–Crippen MR) is 79.1 cm³/mol. The summed E-state index contributed by atoms with van der Waals surface area (Å²) in [5.41, 5.74) is 0. The second kappa shape index (κ2) is 6.53. The molecule has 0 unspecified atom stereocenters. The van der Waals surface area contributed by atoms with Crippen molar-refractivity contribution in [3.63, 3.8) is 0 Å². The lowest BCUT2D eigenvalue weighted by Gasteiger charge is -2.18. The molecule has 0 saturated heterocycles. The maximum absolute atomic E-state index is 12.6. The third-order valence-corrected chi connectivity index (χ3v) is 6.32. The van der Waals surface area contributed by atoms with Gasteiger partial charge in [-0.15, -0.1) is 11.3 Å². The van der Waals surface area contributed by atoms with Gasteiger partial charge < -0.3 is 9.73 Å². The molecule has 2 aromatic rings. The number of nitrogens with one attached hydrogen (secondary N) is 1. The molecule has 0 amide bonds. The summed E-state index contributed by atoms with van der Waals surface area (Å²) in [6.45, 7) is 3.15. The molecule has 110 valence electrons. The van der Waals surface area contributed by atoms with Crippen LogP contribution in [0.2, 0.25) is 0 Å². The van der Waals surface area contributed by atoms with Crippen molar-refractivity contribution in [3.05, 3.63) is 41.2 Å². The van der Waals surface area contributed by atoms with Crippen molar-refractivity contribution in [3.8, 4) is 0 Å². The molecule has 5 nitrogen and oxygen atoms in total. The molecule has 0 aliphatic rings. The van der Waals surface area contributed by atoms with Crippen LogP contribution in [0.5, 0.6) is 0 Å². The number of furan rings is 1. The zero-order valence-electron chi connectivity index (χ0n) is 11.5. The van der Waals surface area contributed by atoms with Gasteiger partial charge in [-0.3, -0.25) is 0 Å². The van der Waals surface area contributed by atoms with E-state index in [1.165, 1.54) is 15.6 Å². The van der Waals surface area contributed by atoms with Crippen LogP contribution in [-0.2, 0) is 23.1 Å². The van der Waals surface area contributed by atoms with Crippen LogP contribution in [0.15, 0.2) is 39.2 Å². The van der Waals surface area contributed by atoms with Crippen LogP contribution in [-0.4, -0.2) is 26.3 Å². The highest BCUT2D eigenvalue weighted by Crippen LogP contribution is 2.26. The van der Waals surface area contributed by atoms with Gasteiger partial charge in [-0.25, -0.2) is 8.42 Å². The molecule has 2 heterocycles. The van der Waals surface area contributed by atoms with Crippen LogP contribution in [0.3, 0.4) is 0 Å². The lowest BCUT2D eigenvalue weighted by Crippen LogP contribution is -2.29. The molecule has 7 heteroatoms. The lowest BCUT2D eigenvalue weighted by atomic mass is 10.4. The van der Waals surface area contributed by atoms with E-state index < -0.39 is 10.0 Å². The fourth-order valence-corrected chi connectivity index (χ4v) is 4.77. The average Bonchev–Trinajstić information content (AvgIpc) is 3.07. The zero-order chi connectivity index (χ0) is 14.6.